The van der Waals surface area contributed by atoms with Gasteiger partial charge in [0.05, 0.1) is 12.0 Å². The Labute approximate surface area is 152 Å². The van der Waals surface area contributed by atoms with E-state index in [4.69, 9.17) is 4.74 Å². The number of hydrogen-bond acceptors (Lipinski definition) is 5. The fourth-order valence-corrected chi connectivity index (χ4v) is 3.78. The van der Waals surface area contributed by atoms with Gasteiger partial charge >= 0.3 is 0 Å². The van der Waals surface area contributed by atoms with Gasteiger partial charge in [-0.2, -0.15) is 0 Å². The van der Waals surface area contributed by atoms with Crippen molar-refractivity contribution in [2.75, 3.05) is 7.11 Å². The molecule has 0 aliphatic heterocycles. The molecule has 0 spiro atoms. The van der Waals surface area contributed by atoms with Crippen molar-refractivity contribution in [3.05, 3.63) is 71.9 Å². The van der Waals surface area contributed by atoms with Crippen LogP contribution in [0.25, 0.3) is 0 Å². The van der Waals surface area contributed by atoms with Gasteiger partial charge in [-0.05, 0) is 42.2 Å². The average molecular weight is 372 g/mol. The van der Waals surface area contributed by atoms with Crippen LogP contribution in [-0.2, 0) is 14.8 Å². The first-order chi connectivity index (χ1) is 12.5. The molecule has 2 aromatic carbocycles. The van der Waals surface area contributed by atoms with Gasteiger partial charge in [0.2, 0.25) is 0 Å². The molecule has 6 nitrogen and oxygen atoms in total. The third-order valence-corrected chi connectivity index (χ3v) is 5.50. The second-order valence-electron chi connectivity index (χ2n) is 6.06. The molecule has 0 aromatic heterocycles. The van der Waals surface area contributed by atoms with E-state index in [2.05, 4.69) is 10.3 Å². The normalized spacial score (nSPS) is 17.5. The van der Waals surface area contributed by atoms with Crippen LogP contribution in [0.5, 0.6) is 5.75 Å². The molecular formula is C19H20N2O4S. The van der Waals surface area contributed by atoms with Crippen LogP contribution >= 0.6 is 0 Å². The van der Waals surface area contributed by atoms with Crippen molar-refractivity contribution in [3.8, 4) is 5.75 Å². The van der Waals surface area contributed by atoms with E-state index in [-0.39, 0.29) is 16.6 Å². The standard InChI is InChI=1S/C19H20N2O4S/c1-25-18-9-7-14(8-10-18)15-11-16(13-17(22)12-15)20-21-26(23,24)19-5-3-2-4-6-19/h2-10,13,15,20-21H,11-12H2,1H3. The fraction of sp³-hybridized carbons (Fsp3) is 0.211. The Bertz CT molecular complexity index is 906. The van der Waals surface area contributed by atoms with Gasteiger partial charge in [-0.25, -0.2) is 8.42 Å². The van der Waals surface area contributed by atoms with Crippen molar-refractivity contribution in [1.29, 1.82) is 0 Å². The lowest BCUT2D eigenvalue weighted by Crippen LogP contribution is -2.38. The van der Waals surface area contributed by atoms with Crippen LogP contribution in [0.4, 0.5) is 0 Å². The number of rotatable bonds is 6. The minimum Gasteiger partial charge on any atom is -0.497 e. The lowest BCUT2D eigenvalue weighted by Gasteiger charge is -2.23. The summed E-state index contributed by atoms with van der Waals surface area (Å²) < 4.78 is 29.7. The van der Waals surface area contributed by atoms with E-state index < -0.39 is 10.0 Å². The number of ether oxygens (including phenoxy) is 1. The summed E-state index contributed by atoms with van der Waals surface area (Å²) in [5, 5.41) is 0. The third kappa shape index (κ3) is 4.30. The van der Waals surface area contributed by atoms with E-state index in [0.29, 0.717) is 18.5 Å². The lowest BCUT2D eigenvalue weighted by atomic mass is 9.85. The first kappa shape index (κ1) is 18.2. The first-order valence-corrected chi connectivity index (χ1v) is 9.66. The summed E-state index contributed by atoms with van der Waals surface area (Å²) >= 11 is 0. The molecule has 136 valence electrons. The monoisotopic (exact) mass is 372 g/mol. The smallest absolute Gasteiger partial charge is 0.257 e. The van der Waals surface area contributed by atoms with E-state index in [1.807, 2.05) is 24.3 Å². The van der Waals surface area contributed by atoms with Crippen molar-refractivity contribution in [1.82, 2.24) is 10.3 Å². The number of carbonyl (C=O) groups excluding carboxylic acids is 1. The van der Waals surface area contributed by atoms with Crippen LogP contribution in [0, 0.1) is 0 Å². The van der Waals surface area contributed by atoms with Crippen LogP contribution in [-0.4, -0.2) is 21.3 Å². The number of benzene rings is 2. The van der Waals surface area contributed by atoms with Gasteiger partial charge < -0.3 is 10.2 Å². The molecule has 1 atom stereocenters. The highest BCUT2D eigenvalue weighted by Gasteiger charge is 2.23. The Morgan fingerprint density at radius 2 is 1.69 bits per heavy atom. The number of hydrogen-bond donors (Lipinski definition) is 2. The van der Waals surface area contributed by atoms with Crippen LogP contribution < -0.4 is 15.0 Å². The van der Waals surface area contributed by atoms with Crippen molar-refractivity contribution in [2.24, 2.45) is 0 Å². The molecule has 1 aliphatic carbocycles. The molecule has 2 aromatic rings. The maximum absolute atomic E-state index is 12.3. The number of nitrogens with one attached hydrogen (secondary N) is 2. The van der Waals surface area contributed by atoms with Gasteiger partial charge in [-0.1, -0.05) is 30.3 Å². The molecule has 0 bridgehead atoms. The molecule has 0 saturated carbocycles. The Kier molecular flexibility index (Phi) is 5.39. The first-order valence-electron chi connectivity index (χ1n) is 8.18. The molecule has 1 aliphatic rings. The number of ketones is 1. The molecule has 0 amide bonds. The zero-order valence-corrected chi connectivity index (χ0v) is 15.1. The highest BCUT2D eigenvalue weighted by atomic mass is 32.2. The average Bonchev–Trinajstić information content (AvgIpc) is 2.67. The lowest BCUT2D eigenvalue weighted by molar-refractivity contribution is -0.115. The van der Waals surface area contributed by atoms with Crippen molar-refractivity contribution in [3.63, 3.8) is 0 Å². The maximum Gasteiger partial charge on any atom is 0.257 e. The summed E-state index contributed by atoms with van der Waals surface area (Å²) in [5.74, 6) is 0.695. The Balaban J connectivity index is 1.69. The fourth-order valence-electron chi connectivity index (χ4n) is 2.88. The third-order valence-electron chi connectivity index (χ3n) is 4.24. The van der Waals surface area contributed by atoms with Gasteiger partial charge in [0.25, 0.3) is 10.0 Å². The largest absolute Gasteiger partial charge is 0.497 e. The SMILES string of the molecule is COc1ccc(C2CC(=O)C=C(NNS(=O)(=O)c3ccccc3)C2)cc1. The second-order valence-corrected chi connectivity index (χ2v) is 7.74. The molecule has 0 radical (unpaired) electrons. The molecular weight excluding hydrogens is 352 g/mol. The van der Waals surface area contributed by atoms with Gasteiger partial charge in [0.15, 0.2) is 5.78 Å². The van der Waals surface area contributed by atoms with Gasteiger partial charge in [0.1, 0.15) is 5.75 Å². The topological polar surface area (TPSA) is 84.5 Å². The minimum atomic E-state index is -3.70. The minimum absolute atomic E-state index is 0.0119. The van der Waals surface area contributed by atoms with Crippen LogP contribution in [0.15, 0.2) is 71.3 Å². The molecule has 1 unspecified atom stereocenters. The quantitative estimate of drug-likeness (QED) is 0.761. The van der Waals surface area contributed by atoms with Gasteiger partial charge in [-0.3, -0.25) is 4.79 Å². The Morgan fingerprint density at radius 3 is 2.35 bits per heavy atom. The molecule has 0 fully saturated rings. The van der Waals surface area contributed by atoms with Crippen molar-refractivity contribution < 1.29 is 17.9 Å². The summed E-state index contributed by atoms with van der Waals surface area (Å²) in [7, 11) is -2.10. The highest BCUT2D eigenvalue weighted by Crippen LogP contribution is 2.31. The number of allylic oxidation sites excluding steroid dienone is 2. The number of carbonyl (C=O) groups is 1. The zero-order chi connectivity index (χ0) is 18.6. The predicted octanol–water partition coefficient (Wildman–Crippen LogP) is 2.51. The molecule has 2 N–H and O–H groups in total. The van der Waals surface area contributed by atoms with E-state index in [1.54, 1.807) is 25.3 Å². The number of hydrazine groups is 1. The van der Waals surface area contributed by atoms with E-state index in [0.717, 1.165) is 11.3 Å². The summed E-state index contributed by atoms with van der Waals surface area (Å²) in [6, 6.07) is 15.6. The molecule has 3 rings (SSSR count). The van der Waals surface area contributed by atoms with E-state index in [9.17, 15) is 13.2 Å². The Morgan fingerprint density at radius 1 is 1.00 bits per heavy atom. The number of methoxy groups -OCH3 is 1. The summed E-state index contributed by atoms with van der Waals surface area (Å²) in [6.07, 6.45) is 2.38. The summed E-state index contributed by atoms with van der Waals surface area (Å²) in [4.78, 5) is 14.5. The second kappa shape index (κ2) is 7.72. The van der Waals surface area contributed by atoms with Crippen molar-refractivity contribution in [2.45, 2.75) is 23.7 Å². The highest BCUT2D eigenvalue weighted by molar-refractivity contribution is 7.89. The van der Waals surface area contributed by atoms with E-state index >= 15 is 0 Å². The summed E-state index contributed by atoms with van der Waals surface area (Å²) in [5.41, 5.74) is 4.25. The van der Waals surface area contributed by atoms with Crippen LogP contribution in [0.2, 0.25) is 0 Å². The molecule has 0 saturated heterocycles. The molecule has 7 heteroatoms. The zero-order valence-electron chi connectivity index (χ0n) is 14.3. The molecule has 26 heavy (non-hydrogen) atoms. The van der Waals surface area contributed by atoms with Crippen LogP contribution in [0.3, 0.4) is 0 Å². The van der Waals surface area contributed by atoms with Gasteiger partial charge in [-0.15, -0.1) is 4.83 Å². The Hall–Kier alpha value is -2.64. The molecule has 0 heterocycles. The van der Waals surface area contributed by atoms with Crippen LogP contribution in [0.1, 0.15) is 24.3 Å². The maximum atomic E-state index is 12.3. The van der Waals surface area contributed by atoms with E-state index in [1.165, 1.54) is 18.2 Å². The predicted molar refractivity (Wildman–Crippen MR) is 98.0 cm³/mol. The summed E-state index contributed by atoms with van der Waals surface area (Å²) in [6.45, 7) is 0. The van der Waals surface area contributed by atoms with Gasteiger partial charge in [0, 0.05) is 18.2 Å². The van der Waals surface area contributed by atoms with Crippen molar-refractivity contribution >= 4 is 15.8 Å². The number of sulfonamides is 1.